The Labute approximate surface area is 150 Å². The van der Waals surface area contributed by atoms with E-state index in [4.69, 9.17) is 14.0 Å². The fourth-order valence-corrected chi connectivity index (χ4v) is 2.88. The first-order valence-electron chi connectivity index (χ1n) is 8.75. The molecule has 0 aromatic heterocycles. The van der Waals surface area contributed by atoms with Gasteiger partial charge in [-0.25, -0.2) is 0 Å². The molecule has 2 fully saturated rings. The van der Waals surface area contributed by atoms with Crippen molar-refractivity contribution >= 4 is 18.5 Å². The number of nitrogens with zero attached hydrogens (tertiary/aromatic N) is 1. The van der Waals surface area contributed by atoms with Gasteiger partial charge in [0.1, 0.15) is 11.9 Å². The Kier molecular flexibility index (Phi) is 4.83. The Hall–Kier alpha value is -1.57. The van der Waals surface area contributed by atoms with E-state index in [0.29, 0.717) is 6.54 Å². The van der Waals surface area contributed by atoms with Crippen LogP contribution < -0.4 is 15.5 Å². The third-order valence-corrected chi connectivity index (χ3v) is 5.28. The summed E-state index contributed by atoms with van der Waals surface area (Å²) < 4.78 is 18.1. The Balaban J connectivity index is 1.52. The molecule has 3 rings (SSSR count). The molecule has 1 N–H and O–H groups in total. The monoisotopic (exact) mass is 346 g/mol. The third-order valence-electron chi connectivity index (χ3n) is 5.28. The van der Waals surface area contributed by atoms with Gasteiger partial charge in [-0.3, -0.25) is 9.69 Å². The zero-order chi connectivity index (χ0) is 18.2. The summed E-state index contributed by atoms with van der Waals surface area (Å²) in [6.45, 7) is 10.2. The molecule has 1 aromatic rings. The molecule has 136 valence electrons. The molecule has 7 heteroatoms. The van der Waals surface area contributed by atoms with Gasteiger partial charge in [-0.05, 0) is 45.3 Å². The van der Waals surface area contributed by atoms with Crippen molar-refractivity contribution < 1.29 is 18.8 Å². The highest BCUT2D eigenvalue weighted by Crippen LogP contribution is 2.36. The van der Waals surface area contributed by atoms with Crippen LogP contribution in [0.3, 0.4) is 0 Å². The highest BCUT2D eigenvalue weighted by atomic mass is 16.7. The standard InChI is InChI=1S/C18H27BN2O4/c1-17(2)18(3,4)25-19(24-17)13-6-8-14(9-7-13)23-15-10-21(11-15)12-16(22)20-5/h6-9,15H,10-12H2,1-5H3,(H,20,22). The van der Waals surface area contributed by atoms with E-state index < -0.39 is 0 Å². The lowest BCUT2D eigenvalue weighted by atomic mass is 9.79. The SMILES string of the molecule is CNC(=O)CN1CC(Oc2ccc(B3OC(C)(C)C(C)(C)O3)cc2)C1. The Bertz CT molecular complexity index is 610. The molecule has 25 heavy (non-hydrogen) atoms. The molecule has 2 aliphatic heterocycles. The van der Waals surface area contributed by atoms with Crippen molar-refractivity contribution in [1.29, 1.82) is 0 Å². The number of benzene rings is 1. The fraction of sp³-hybridized carbons (Fsp3) is 0.611. The molecule has 6 nitrogen and oxygen atoms in total. The van der Waals surface area contributed by atoms with Crippen LogP contribution in [-0.2, 0) is 14.1 Å². The van der Waals surface area contributed by atoms with Gasteiger partial charge in [0.05, 0.1) is 17.7 Å². The van der Waals surface area contributed by atoms with Crippen LogP contribution in [-0.4, -0.2) is 61.9 Å². The summed E-state index contributed by atoms with van der Waals surface area (Å²) in [7, 11) is 1.29. The number of carbonyl (C=O) groups is 1. The molecule has 0 bridgehead atoms. The van der Waals surface area contributed by atoms with Crippen molar-refractivity contribution in [3.8, 4) is 5.75 Å². The van der Waals surface area contributed by atoms with Crippen molar-refractivity contribution in [2.75, 3.05) is 26.7 Å². The lowest BCUT2D eigenvalue weighted by Gasteiger charge is -2.38. The van der Waals surface area contributed by atoms with Gasteiger partial charge in [0.25, 0.3) is 0 Å². The average molecular weight is 346 g/mol. The minimum Gasteiger partial charge on any atom is -0.488 e. The summed E-state index contributed by atoms with van der Waals surface area (Å²) in [4.78, 5) is 13.4. The highest BCUT2D eigenvalue weighted by Gasteiger charge is 2.51. The first-order chi connectivity index (χ1) is 11.7. The van der Waals surface area contributed by atoms with Gasteiger partial charge >= 0.3 is 7.12 Å². The summed E-state index contributed by atoms with van der Waals surface area (Å²) in [6.07, 6.45) is 0.132. The molecule has 0 unspecified atom stereocenters. The molecular formula is C18H27BN2O4. The zero-order valence-corrected chi connectivity index (χ0v) is 15.7. The molecule has 0 spiro atoms. The Morgan fingerprint density at radius 1 is 1.20 bits per heavy atom. The first-order valence-corrected chi connectivity index (χ1v) is 8.75. The van der Waals surface area contributed by atoms with Gasteiger partial charge in [-0.2, -0.15) is 0 Å². The van der Waals surface area contributed by atoms with E-state index in [9.17, 15) is 4.79 Å². The van der Waals surface area contributed by atoms with Crippen LogP contribution in [0.4, 0.5) is 0 Å². The largest absolute Gasteiger partial charge is 0.494 e. The van der Waals surface area contributed by atoms with E-state index in [2.05, 4.69) is 10.2 Å². The number of hydrogen-bond donors (Lipinski definition) is 1. The lowest BCUT2D eigenvalue weighted by molar-refractivity contribution is -0.124. The van der Waals surface area contributed by atoms with Crippen molar-refractivity contribution in [2.45, 2.75) is 45.0 Å². The molecule has 0 radical (unpaired) electrons. The normalized spacial score (nSPS) is 22.5. The van der Waals surface area contributed by atoms with E-state index in [0.717, 1.165) is 24.3 Å². The zero-order valence-electron chi connectivity index (χ0n) is 15.7. The van der Waals surface area contributed by atoms with Gasteiger partial charge in [0, 0.05) is 20.1 Å². The van der Waals surface area contributed by atoms with Crippen LogP contribution in [0, 0.1) is 0 Å². The highest BCUT2D eigenvalue weighted by molar-refractivity contribution is 6.62. The quantitative estimate of drug-likeness (QED) is 0.799. The van der Waals surface area contributed by atoms with Crippen molar-refractivity contribution in [3.05, 3.63) is 24.3 Å². The molecule has 2 heterocycles. The molecule has 1 amide bonds. The summed E-state index contributed by atoms with van der Waals surface area (Å²) in [6, 6.07) is 7.86. The second kappa shape index (κ2) is 6.63. The fourth-order valence-electron chi connectivity index (χ4n) is 2.88. The second-order valence-electron chi connectivity index (χ2n) is 7.76. The number of carbonyl (C=O) groups excluding carboxylic acids is 1. The van der Waals surface area contributed by atoms with Gasteiger partial charge in [0.15, 0.2) is 0 Å². The van der Waals surface area contributed by atoms with E-state index in [1.54, 1.807) is 7.05 Å². The molecule has 0 aliphatic carbocycles. The lowest BCUT2D eigenvalue weighted by Crippen LogP contribution is -2.56. The van der Waals surface area contributed by atoms with Crippen molar-refractivity contribution in [2.24, 2.45) is 0 Å². The maximum Gasteiger partial charge on any atom is 0.494 e. The van der Waals surface area contributed by atoms with Crippen molar-refractivity contribution in [3.63, 3.8) is 0 Å². The van der Waals surface area contributed by atoms with Crippen LogP contribution in [0.2, 0.25) is 0 Å². The summed E-state index contributed by atoms with van der Waals surface area (Å²) in [5.41, 5.74) is 0.306. The minimum atomic E-state index is -0.356. The van der Waals surface area contributed by atoms with Gasteiger partial charge in [-0.1, -0.05) is 12.1 Å². The molecule has 1 aromatic carbocycles. The molecule has 2 saturated heterocycles. The third kappa shape index (κ3) is 3.83. The Morgan fingerprint density at radius 3 is 2.28 bits per heavy atom. The minimum absolute atomic E-state index is 0.0326. The number of rotatable bonds is 5. The van der Waals surface area contributed by atoms with E-state index in [1.165, 1.54) is 0 Å². The number of likely N-dealkylation sites (tertiary alicyclic amines) is 1. The molecule has 0 atom stereocenters. The Morgan fingerprint density at radius 2 is 1.76 bits per heavy atom. The number of amides is 1. The van der Waals surface area contributed by atoms with Gasteiger partial charge < -0.3 is 19.4 Å². The maximum atomic E-state index is 11.3. The van der Waals surface area contributed by atoms with Crippen molar-refractivity contribution in [1.82, 2.24) is 10.2 Å². The summed E-state index contributed by atoms with van der Waals surface area (Å²) in [5.74, 6) is 0.857. The predicted octanol–water partition coefficient (Wildman–Crippen LogP) is 0.795. The van der Waals surface area contributed by atoms with Crippen LogP contribution in [0.15, 0.2) is 24.3 Å². The van der Waals surface area contributed by atoms with E-state index >= 15 is 0 Å². The van der Waals surface area contributed by atoms with E-state index in [1.807, 2.05) is 52.0 Å². The van der Waals surface area contributed by atoms with Crippen LogP contribution >= 0.6 is 0 Å². The van der Waals surface area contributed by atoms with Crippen LogP contribution in [0.25, 0.3) is 0 Å². The van der Waals surface area contributed by atoms with Gasteiger partial charge in [0.2, 0.25) is 5.91 Å². The first kappa shape index (κ1) is 18.2. The summed E-state index contributed by atoms with van der Waals surface area (Å²) >= 11 is 0. The molecule has 0 saturated carbocycles. The second-order valence-corrected chi connectivity index (χ2v) is 7.76. The number of likely N-dealkylation sites (N-methyl/N-ethyl adjacent to an activating group) is 1. The maximum absolute atomic E-state index is 11.3. The van der Waals surface area contributed by atoms with Crippen LogP contribution in [0.5, 0.6) is 5.75 Å². The van der Waals surface area contributed by atoms with Crippen LogP contribution in [0.1, 0.15) is 27.7 Å². The van der Waals surface area contributed by atoms with Gasteiger partial charge in [-0.15, -0.1) is 0 Å². The molecule has 2 aliphatic rings. The average Bonchev–Trinajstić information content (AvgIpc) is 2.73. The number of ether oxygens (including phenoxy) is 1. The predicted molar refractivity (Wildman–Crippen MR) is 97.1 cm³/mol. The number of hydrogen-bond acceptors (Lipinski definition) is 5. The van der Waals surface area contributed by atoms with E-state index in [-0.39, 0.29) is 30.3 Å². The number of nitrogens with one attached hydrogen (secondary N) is 1. The topological polar surface area (TPSA) is 60.0 Å². The smallest absolute Gasteiger partial charge is 0.488 e. The summed E-state index contributed by atoms with van der Waals surface area (Å²) in [5, 5.41) is 2.63. The molecular weight excluding hydrogens is 319 g/mol.